The van der Waals surface area contributed by atoms with E-state index in [-0.39, 0.29) is 0 Å². The van der Waals surface area contributed by atoms with Gasteiger partial charge in [-0.05, 0) is 48.2 Å². The van der Waals surface area contributed by atoms with Gasteiger partial charge in [-0.15, -0.1) is 0 Å². The number of benzene rings is 2. The Hall–Kier alpha value is -1.96. The van der Waals surface area contributed by atoms with E-state index in [1.54, 1.807) is 0 Å². The first-order chi connectivity index (χ1) is 10.3. The van der Waals surface area contributed by atoms with E-state index in [0.29, 0.717) is 5.92 Å². The summed E-state index contributed by atoms with van der Waals surface area (Å²) in [7, 11) is 8.37. The molecule has 0 aliphatic rings. The van der Waals surface area contributed by atoms with Crippen LogP contribution < -0.4 is 9.80 Å². The molecule has 0 amide bonds. The van der Waals surface area contributed by atoms with Crippen LogP contribution >= 0.6 is 0 Å². The summed E-state index contributed by atoms with van der Waals surface area (Å²) in [6.07, 6.45) is 0. The van der Waals surface area contributed by atoms with Crippen LogP contribution in [0.15, 0.2) is 36.4 Å². The molecule has 0 unspecified atom stereocenters. The van der Waals surface area contributed by atoms with Gasteiger partial charge in [-0.2, -0.15) is 0 Å². The minimum Gasteiger partial charge on any atom is -0.377 e. The van der Waals surface area contributed by atoms with Crippen LogP contribution in [0.25, 0.3) is 0 Å². The summed E-state index contributed by atoms with van der Waals surface area (Å²) in [6.45, 7) is 6.66. The van der Waals surface area contributed by atoms with Gasteiger partial charge in [0.15, 0.2) is 0 Å². The van der Waals surface area contributed by atoms with Crippen LogP contribution in [0.3, 0.4) is 0 Å². The lowest BCUT2D eigenvalue weighted by atomic mass is 9.90. The molecular weight excluding hydrogens is 268 g/mol. The van der Waals surface area contributed by atoms with Gasteiger partial charge >= 0.3 is 0 Å². The van der Waals surface area contributed by atoms with Gasteiger partial charge < -0.3 is 9.80 Å². The van der Waals surface area contributed by atoms with E-state index < -0.39 is 0 Å². The van der Waals surface area contributed by atoms with Crippen molar-refractivity contribution < 1.29 is 0 Å². The molecule has 2 aromatic rings. The molecule has 0 atom stereocenters. The molecule has 0 saturated heterocycles. The Balaban J connectivity index is 2.34. The molecular formula is C20H28N2. The van der Waals surface area contributed by atoms with Crippen LogP contribution in [-0.4, -0.2) is 28.2 Å². The monoisotopic (exact) mass is 296 g/mol. The average molecular weight is 296 g/mol. The summed E-state index contributed by atoms with van der Waals surface area (Å²) < 4.78 is 0. The normalized spacial score (nSPS) is 10.9. The van der Waals surface area contributed by atoms with Crippen molar-refractivity contribution >= 4 is 11.4 Å². The molecule has 2 rings (SSSR count). The summed E-state index contributed by atoms with van der Waals surface area (Å²) in [4.78, 5) is 4.33. The van der Waals surface area contributed by atoms with Crippen molar-refractivity contribution in [2.24, 2.45) is 0 Å². The lowest BCUT2D eigenvalue weighted by molar-refractivity contribution is 0.914. The average Bonchev–Trinajstić information content (AvgIpc) is 2.45. The Labute approximate surface area is 135 Å². The predicted octanol–water partition coefficient (Wildman–Crippen LogP) is 4.59. The molecule has 0 fully saturated rings. The molecule has 0 heterocycles. The lowest BCUT2D eigenvalue weighted by Crippen LogP contribution is -2.11. The van der Waals surface area contributed by atoms with E-state index in [1.807, 2.05) is 0 Å². The molecule has 2 heteroatoms. The largest absolute Gasteiger partial charge is 0.377 e. The van der Waals surface area contributed by atoms with Gasteiger partial charge in [-0.1, -0.05) is 31.2 Å². The van der Waals surface area contributed by atoms with E-state index in [9.17, 15) is 0 Å². The molecule has 0 N–H and O–H groups in total. The molecule has 0 aromatic heterocycles. The molecule has 2 aromatic carbocycles. The first-order valence-electron chi connectivity index (χ1n) is 7.87. The highest BCUT2D eigenvalue weighted by atomic mass is 15.1. The zero-order valence-electron chi connectivity index (χ0n) is 14.9. The quantitative estimate of drug-likeness (QED) is 0.814. The fourth-order valence-corrected chi connectivity index (χ4v) is 3.09. The van der Waals surface area contributed by atoms with Gasteiger partial charge in [-0.3, -0.25) is 0 Å². The molecule has 0 bridgehead atoms. The molecule has 0 aliphatic carbocycles. The third kappa shape index (κ3) is 3.27. The zero-order valence-corrected chi connectivity index (χ0v) is 14.9. The van der Waals surface area contributed by atoms with E-state index in [1.165, 1.54) is 33.6 Å². The minimum absolute atomic E-state index is 0.407. The Kier molecular flexibility index (Phi) is 4.80. The first kappa shape index (κ1) is 16.4. The van der Waals surface area contributed by atoms with Gasteiger partial charge in [0.2, 0.25) is 0 Å². The van der Waals surface area contributed by atoms with Crippen LogP contribution in [0.1, 0.15) is 35.1 Å². The summed E-state index contributed by atoms with van der Waals surface area (Å²) in [6, 6.07) is 13.6. The summed E-state index contributed by atoms with van der Waals surface area (Å²) in [5.41, 5.74) is 7.98. The smallest absolute Gasteiger partial charge is 0.0390 e. The second-order valence-corrected chi connectivity index (χ2v) is 6.60. The third-order valence-corrected chi connectivity index (χ3v) is 4.41. The van der Waals surface area contributed by atoms with Crippen LogP contribution in [0.4, 0.5) is 11.4 Å². The fourth-order valence-electron chi connectivity index (χ4n) is 3.09. The molecule has 0 saturated carbocycles. The van der Waals surface area contributed by atoms with Gasteiger partial charge in [-0.25, -0.2) is 0 Å². The predicted molar refractivity (Wildman–Crippen MR) is 98.5 cm³/mol. The third-order valence-electron chi connectivity index (χ3n) is 4.41. The van der Waals surface area contributed by atoms with E-state index >= 15 is 0 Å². The topological polar surface area (TPSA) is 6.48 Å². The van der Waals surface area contributed by atoms with E-state index in [0.717, 1.165) is 0 Å². The summed E-state index contributed by atoms with van der Waals surface area (Å²) >= 11 is 0. The maximum absolute atomic E-state index is 2.31. The maximum atomic E-state index is 2.31. The van der Waals surface area contributed by atoms with Crippen LogP contribution in [0.5, 0.6) is 0 Å². The molecule has 0 aliphatic heterocycles. The Morgan fingerprint density at radius 2 is 1.05 bits per heavy atom. The minimum atomic E-state index is 0.407. The standard InChI is InChI=1S/C20H28N2/c1-14-12-17(8-10-19(14)21(4)5)16(3)18-9-11-20(22(6)7)15(2)13-18/h8-13,16H,1-7H3. The van der Waals surface area contributed by atoms with Gasteiger partial charge in [0.05, 0.1) is 0 Å². The number of anilines is 2. The Bertz CT molecular complexity index is 599. The van der Waals surface area contributed by atoms with E-state index in [2.05, 4.69) is 95.2 Å². The number of aryl methyl sites for hydroxylation is 2. The molecule has 0 spiro atoms. The molecule has 22 heavy (non-hydrogen) atoms. The van der Waals surface area contributed by atoms with Crippen molar-refractivity contribution in [2.75, 3.05) is 38.0 Å². The summed E-state index contributed by atoms with van der Waals surface area (Å²) in [5, 5.41) is 0. The molecule has 0 radical (unpaired) electrons. The highest BCUT2D eigenvalue weighted by molar-refractivity contribution is 5.56. The lowest BCUT2D eigenvalue weighted by Gasteiger charge is -2.21. The van der Waals surface area contributed by atoms with Crippen molar-refractivity contribution in [3.8, 4) is 0 Å². The Morgan fingerprint density at radius 3 is 1.32 bits per heavy atom. The number of hydrogen-bond donors (Lipinski definition) is 0. The molecule has 118 valence electrons. The first-order valence-corrected chi connectivity index (χ1v) is 7.87. The van der Waals surface area contributed by atoms with Crippen molar-refractivity contribution in [1.82, 2.24) is 0 Å². The highest BCUT2D eigenvalue weighted by Crippen LogP contribution is 2.30. The van der Waals surface area contributed by atoms with Crippen molar-refractivity contribution in [3.63, 3.8) is 0 Å². The number of nitrogens with zero attached hydrogens (tertiary/aromatic N) is 2. The summed E-state index contributed by atoms with van der Waals surface area (Å²) in [5.74, 6) is 0.407. The van der Waals surface area contributed by atoms with Crippen molar-refractivity contribution in [1.29, 1.82) is 0 Å². The van der Waals surface area contributed by atoms with E-state index in [4.69, 9.17) is 0 Å². The number of hydrogen-bond acceptors (Lipinski definition) is 2. The highest BCUT2D eigenvalue weighted by Gasteiger charge is 2.12. The fraction of sp³-hybridized carbons (Fsp3) is 0.400. The van der Waals surface area contributed by atoms with Crippen LogP contribution in [0.2, 0.25) is 0 Å². The second-order valence-electron chi connectivity index (χ2n) is 6.60. The van der Waals surface area contributed by atoms with Gasteiger partial charge in [0, 0.05) is 45.5 Å². The maximum Gasteiger partial charge on any atom is 0.0390 e. The van der Waals surface area contributed by atoms with Crippen molar-refractivity contribution in [3.05, 3.63) is 58.7 Å². The van der Waals surface area contributed by atoms with Gasteiger partial charge in [0.25, 0.3) is 0 Å². The van der Waals surface area contributed by atoms with Crippen LogP contribution in [-0.2, 0) is 0 Å². The zero-order chi connectivity index (χ0) is 16.4. The molecule has 2 nitrogen and oxygen atoms in total. The second kappa shape index (κ2) is 6.43. The van der Waals surface area contributed by atoms with Crippen molar-refractivity contribution in [2.45, 2.75) is 26.7 Å². The van der Waals surface area contributed by atoms with Crippen LogP contribution in [0, 0.1) is 13.8 Å². The SMILES string of the molecule is Cc1cc(C(C)c2ccc(N(C)C)c(C)c2)ccc1N(C)C. The Morgan fingerprint density at radius 1 is 0.682 bits per heavy atom. The van der Waals surface area contributed by atoms with Gasteiger partial charge in [0.1, 0.15) is 0 Å². The number of rotatable bonds is 4.